The Kier molecular flexibility index (Phi) is 44.5. The third-order valence-electron chi connectivity index (χ3n) is 10.3. The lowest BCUT2D eigenvalue weighted by atomic mass is 10.1. The minimum Gasteiger partial charge on any atom is -0.462 e. The Morgan fingerprint density at radius 2 is 0.759 bits per heavy atom. The summed E-state index contributed by atoms with van der Waals surface area (Å²) >= 11 is 0. The maximum absolute atomic E-state index is 12.8. The standard InChI is InChI=1S/C52H90O6/c1-4-7-10-13-16-19-22-24-26-28-30-33-36-39-42-45-51(54)57-48-49(47-56-50(53)44-41-38-35-32-29-21-18-15-12-9-6-3)58-52(55)46-43-40-37-34-31-27-25-23-20-17-14-11-8-5-2/h7-8,10-11,13,16-17,19-20,22,49H,4-6,9,12,14-15,18,21,23-48H2,1-3H3/b10-7-,11-8-,16-13-,20-17-,22-19-. The number of hydrogen-bond donors (Lipinski definition) is 0. The number of carbonyl (C=O) groups is 3. The molecule has 0 amide bonds. The van der Waals surface area contributed by atoms with Gasteiger partial charge in [-0.15, -0.1) is 0 Å². The topological polar surface area (TPSA) is 78.9 Å². The van der Waals surface area contributed by atoms with Gasteiger partial charge in [0.25, 0.3) is 0 Å². The first kappa shape index (κ1) is 55.1. The molecule has 58 heavy (non-hydrogen) atoms. The summed E-state index contributed by atoms with van der Waals surface area (Å²) in [5.74, 6) is -0.900. The van der Waals surface area contributed by atoms with E-state index in [1.54, 1.807) is 0 Å². The number of esters is 3. The molecule has 0 N–H and O–H groups in total. The molecule has 0 aromatic carbocycles. The van der Waals surface area contributed by atoms with E-state index in [1.807, 2.05) is 0 Å². The van der Waals surface area contributed by atoms with Crippen LogP contribution >= 0.6 is 0 Å². The molecule has 0 aliphatic rings. The molecule has 0 radical (unpaired) electrons. The van der Waals surface area contributed by atoms with Gasteiger partial charge in [0.05, 0.1) is 0 Å². The van der Waals surface area contributed by atoms with Gasteiger partial charge in [-0.2, -0.15) is 0 Å². The van der Waals surface area contributed by atoms with E-state index < -0.39 is 6.10 Å². The SMILES string of the molecule is CC\C=C/C=C\C=C/CCCCCCCCCC(=O)OCC(COC(=O)CCCCCCCCCCCCC)OC(=O)CCCCCCCCC/C=C\C/C=C\CC. The molecule has 0 heterocycles. The van der Waals surface area contributed by atoms with Gasteiger partial charge in [0.2, 0.25) is 0 Å². The lowest BCUT2D eigenvalue weighted by Crippen LogP contribution is -2.30. The summed E-state index contributed by atoms with van der Waals surface area (Å²) < 4.78 is 16.7. The largest absolute Gasteiger partial charge is 0.462 e. The summed E-state index contributed by atoms with van der Waals surface area (Å²) in [6.45, 7) is 6.38. The fourth-order valence-electron chi connectivity index (χ4n) is 6.71. The smallest absolute Gasteiger partial charge is 0.306 e. The van der Waals surface area contributed by atoms with Crippen molar-refractivity contribution < 1.29 is 28.6 Å². The zero-order valence-corrected chi connectivity index (χ0v) is 38.0. The minimum absolute atomic E-state index is 0.0801. The van der Waals surface area contributed by atoms with Gasteiger partial charge in [0.1, 0.15) is 13.2 Å². The third kappa shape index (κ3) is 44.2. The van der Waals surface area contributed by atoms with Gasteiger partial charge in [-0.1, -0.05) is 210 Å². The van der Waals surface area contributed by atoms with Crippen LogP contribution in [0.3, 0.4) is 0 Å². The molecule has 6 nitrogen and oxygen atoms in total. The molecule has 0 bridgehead atoms. The Balaban J connectivity index is 4.39. The molecule has 0 saturated carbocycles. The Hall–Kier alpha value is -2.89. The van der Waals surface area contributed by atoms with E-state index in [2.05, 4.69) is 81.5 Å². The average Bonchev–Trinajstić information content (AvgIpc) is 3.22. The number of allylic oxidation sites excluding steroid dienone is 10. The highest BCUT2D eigenvalue weighted by Crippen LogP contribution is 2.15. The zero-order valence-electron chi connectivity index (χ0n) is 38.0. The van der Waals surface area contributed by atoms with Crippen LogP contribution in [0.4, 0.5) is 0 Å². The second-order valence-electron chi connectivity index (χ2n) is 16.0. The van der Waals surface area contributed by atoms with Crippen LogP contribution in [0.5, 0.6) is 0 Å². The molecule has 0 fully saturated rings. The minimum atomic E-state index is -0.779. The van der Waals surface area contributed by atoms with E-state index in [-0.39, 0.29) is 31.1 Å². The van der Waals surface area contributed by atoms with Crippen LogP contribution in [-0.2, 0) is 28.6 Å². The van der Waals surface area contributed by atoms with Crippen molar-refractivity contribution in [3.05, 3.63) is 60.8 Å². The van der Waals surface area contributed by atoms with E-state index in [0.29, 0.717) is 19.3 Å². The Morgan fingerprint density at radius 3 is 1.22 bits per heavy atom. The third-order valence-corrected chi connectivity index (χ3v) is 10.3. The number of rotatable bonds is 43. The maximum atomic E-state index is 12.8. The fraction of sp³-hybridized carbons (Fsp3) is 0.750. The average molecular weight is 811 g/mol. The van der Waals surface area contributed by atoms with Crippen molar-refractivity contribution in [1.82, 2.24) is 0 Å². The van der Waals surface area contributed by atoms with E-state index in [1.165, 1.54) is 103 Å². The van der Waals surface area contributed by atoms with E-state index in [4.69, 9.17) is 14.2 Å². The molecule has 0 spiro atoms. The highest BCUT2D eigenvalue weighted by Gasteiger charge is 2.19. The molecule has 0 saturated heterocycles. The molecule has 0 aliphatic heterocycles. The van der Waals surface area contributed by atoms with Gasteiger partial charge in [0, 0.05) is 19.3 Å². The van der Waals surface area contributed by atoms with Crippen LogP contribution in [0.2, 0.25) is 0 Å². The summed E-state index contributed by atoms with van der Waals surface area (Å²) in [4.78, 5) is 37.8. The number of unbranched alkanes of at least 4 members (excludes halogenated alkanes) is 24. The van der Waals surface area contributed by atoms with Crippen LogP contribution < -0.4 is 0 Å². The van der Waals surface area contributed by atoms with Crippen LogP contribution in [0, 0.1) is 0 Å². The summed E-state index contributed by atoms with van der Waals surface area (Å²) in [5, 5.41) is 0. The maximum Gasteiger partial charge on any atom is 0.306 e. The summed E-state index contributed by atoms with van der Waals surface area (Å²) in [5.41, 5.74) is 0. The molecule has 0 rings (SSSR count). The molecule has 1 unspecified atom stereocenters. The highest BCUT2D eigenvalue weighted by atomic mass is 16.6. The van der Waals surface area contributed by atoms with Gasteiger partial charge in [-0.3, -0.25) is 14.4 Å². The molecular formula is C52H90O6. The quantitative estimate of drug-likeness (QED) is 0.0201. The van der Waals surface area contributed by atoms with Gasteiger partial charge in [-0.25, -0.2) is 0 Å². The first-order valence-corrected chi connectivity index (χ1v) is 24.3. The van der Waals surface area contributed by atoms with Crippen molar-refractivity contribution in [3.8, 4) is 0 Å². The first-order valence-electron chi connectivity index (χ1n) is 24.3. The van der Waals surface area contributed by atoms with Gasteiger partial charge in [-0.05, 0) is 64.2 Å². The van der Waals surface area contributed by atoms with Gasteiger partial charge >= 0.3 is 17.9 Å². The normalized spacial score (nSPS) is 12.5. The molecule has 1 atom stereocenters. The van der Waals surface area contributed by atoms with Crippen molar-refractivity contribution in [1.29, 1.82) is 0 Å². The lowest BCUT2D eigenvalue weighted by Gasteiger charge is -2.18. The zero-order chi connectivity index (χ0) is 42.3. The predicted octanol–water partition coefficient (Wildman–Crippen LogP) is 15.7. The second kappa shape index (κ2) is 46.8. The summed E-state index contributed by atoms with van der Waals surface area (Å²) in [6, 6.07) is 0. The van der Waals surface area contributed by atoms with Crippen LogP contribution in [0.15, 0.2) is 60.8 Å². The van der Waals surface area contributed by atoms with Crippen LogP contribution in [-0.4, -0.2) is 37.2 Å². The van der Waals surface area contributed by atoms with Crippen molar-refractivity contribution in [2.75, 3.05) is 13.2 Å². The van der Waals surface area contributed by atoms with Crippen molar-refractivity contribution in [2.24, 2.45) is 0 Å². The number of hydrogen-bond acceptors (Lipinski definition) is 6. The Bertz CT molecular complexity index is 1070. The molecule has 0 aliphatic carbocycles. The van der Waals surface area contributed by atoms with Crippen molar-refractivity contribution >= 4 is 17.9 Å². The molecule has 6 heteroatoms. The van der Waals surface area contributed by atoms with E-state index in [0.717, 1.165) is 89.9 Å². The monoisotopic (exact) mass is 811 g/mol. The predicted molar refractivity (Wildman–Crippen MR) is 247 cm³/mol. The van der Waals surface area contributed by atoms with Gasteiger partial charge < -0.3 is 14.2 Å². The lowest BCUT2D eigenvalue weighted by molar-refractivity contribution is -0.167. The number of carbonyl (C=O) groups excluding carboxylic acids is 3. The van der Waals surface area contributed by atoms with Crippen LogP contribution in [0.25, 0.3) is 0 Å². The van der Waals surface area contributed by atoms with E-state index >= 15 is 0 Å². The fourth-order valence-corrected chi connectivity index (χ4v) is 6.71. The summed E-state index contributed by atoms with van der Waals surface area (Å²) in [6.07, 6.45) is 56.3. The van der Waals surface area contributed by atoms with E-state index in [9.17, 15) is 14.4 Å². The Labute approximate surface area is 358 Å². The Morgan fingerprint density at radius 1 is 0.379 bits per heavy atom. The van der Waals surface area contributed by atoms with Crippen molar-refractivity contribution in [2.45, 2.75) is 239 Å². The van der Waals surface area contributed by atoms with Crippen LogP contribution in [0.1, 0.15) is 233 Å². The first-order chi connectivity index (χ1) is 28.5. The molecule has 0 aromatic heterocycles. The number of ether oxygens (including phenoxy) is 3. The molecular weight excluding hydrogens is 721 g/mol. The second-order valence-corrected chi connectivity index (χ2v) is 16.0. The van der Waals surface area contributed by atoms with Crippen molar-refractivity contribution in [3.63, 3.8) is 0 Å². The van der Waals surface area contributed by atoms with Gasteiger partial charge in [0.15, 0.2) is 6.10 Å². The summed E-state index contributed by atoms with van der Waals surface area (Å²) in [7, 11) is 0. The molecule has 334 valence electrons. The molecule has 0 aromatic rings. The highest BCUT2D eigenvalue weighted by molar-refractivity contribution is 5.71.